The van der Waals surface area contributed by atoms with Gasteiger partial charge in [0.05, 0.1) is 13.2 Å². The Morgan fingerprint density at radius 2 is 1.40 bits per heavy atom. The maximum Gasteiger partial charge on any atom is 0.326 e. The van der Waals surface area contributed by atoms with Crippen molar-refractivity contribution in [3.63, 3.8) is 0 Å². The van der Waals surface area contributed by atoms with Gasteiger partial charge in [0.1, 0.15) is 24.2 Å². The highest BCUT2D eigenvalue weighted by Gasteiger charge is 2.29. The van der Waals surface area contributed by atoms with Gasteiger partial charge in [-0.3, -0.25) is 19.2 Å². The normalized spacial score (nSPS) is 14.7. The van der Waals surface area contributed by atoms with Gasteiger partial charge in [-0.1, -0.05) is 0 Å². The summed E-state index contributed by atoms with van der Waals surface area (Å²) in [5, 5.41) is 34.2. The third-order valence-electron chi connectivity index (χ3n) is 3.89. The second-order valence-electron chi connectivity index (χ2n) is 6.28. The number of aliphatic hydroxyl groups is 2. The summed E-state index contributed by atoms with van der Waals surface area (Å²) >= 11 is 1.37. The van der Waals surface area contributed by atoms with Gasteiger partial charge in [-0.05, 0) is 24.9 Å². The van der Waals surface area contributed by atoms with Crippen LogP contribution in [-0.4, -0.2) is 94.3 Å². The van der Waals surface area contributed by atoms with Gasteiger partial charge in [-0.25, -0.2) is 4.79 Å². The molecule has 0 saturated heterocycles. The van der Waals surface area contributed by atoms with E-state index in [0.29, 0.717) is 5.75 Å². The van der Waals surface area contributed by atoms with Crippen LogP contribution in [-0.2, 0) is 24.0 Å². The summed E-state index contributed by atoms with van der Waals surface area (Å²) in [6.07, 6.45) is 1.40. The Morgan fingerprint density at radius 1 is 0.867 bits per heavy atom. The molecule has 0 fully saturated rings. The number of carboxylic acid groups (broad SMARTS) is 1. The fourth-order valence-electron chi connectivity index (χ4n) is 2.15. The van der Waals surface area contributed by atoms with Gasteiger partial charge < -0.3 is 42.7 Å². The first kappa shape index (κ1) is 27.6. The molecule has 4 amide bonds. The molecule has 0 bridgehead atoms. The van der Waals surface area contributed by atoms with E-state index < -0.39 is 67.0 Å². The van der Waals surface area contributed by atoms with Gasteiger partial charge in [0, 0.05) is 6.42 Å². The van der Waals surface area contributed by atoms with Gasteiger partial charge in [0.15, 0.2) is 0 Å². The summed E-state index contributed by atoms with van der Waals surface area (Å²) in [6.45, 7) is -1.48. The van der Waals surface area contributed by atoms with Gasteiger partial charge in [-0.15, -0.1) is 0 Å². The number of thioether (sulfide) groups is 1. The maximum atomic E-state index is 12.5. The Morgan fingerprint density at radius 3 is 1.87 bits per heavy atom. The largest absolute Gasteiger partial charge is 0.480 e. The van der Waals surface area contributed by atoms with Crippen LogP contribution in [0.3, 0.4) is 0 Å². The predicted octanol–water partition coefficient (Wildman–Crippen LogP) is -4.14. The van der Waals surface area contributed by atoms with Gasteiger partial charge in [0.2, 0.25) is 23.6 Å². The molecule has 10 N–H and O–H groups in total. The zero-order valence-electron chi connectivity index (χ0n) is 16.5. The summed E-state index contributed by atoms with van der Waals surface area (Å²) in [7, 11) is 0. The molecule has 0 aromatic heterocycles. The molecular formula is C16H29N5O8S. The minimum atomic E-state index is -1.44. The van der Waals surface area contributed by atoms with Gasteiger partial charge in [-0.2, -0.15) is 11.8 Å². The number of hydrogen-bond donors (Lipinski definition) is 8. The second-order valence-corrected chi connectivity index (χ2v) is 7.27. The lowest BCUT2D eigenvalue weighted by Gasteiger charge is -2.24. The number of hydrogen-bond acceptors (Lipinski definition) is 9. The van der Waals surface area contributed by atoms with E-state index in [1.807, 2.05) is 0 Å². The summed E-state index contributed by atoms with van der Waals surface area (Å²) in [4.78, 5) is 58.8. The van der Waals surface area contributed by atoms with E-state index in [4.69, 9.17) is 16.6 Å². The van der Waals surface area contributed by atoms with Gasteiger partial charge >= 0.3 is 5.97 Å². The number of carboxylic acids is 1. The number of carbonyl (C=O) groups excluding carboxylic acids is 4. The molecular weight excluding hydrogens is 422 g/mol. The number of carbonyl (C=O) groups is 5. The van der Waals surface area contributed by atoms with Crippen LogP contribution >= 0.6 is 11.8 Å². The summed E-state index contributed by atoms with van der Waals surface area (Å²) < 4.78 is 0. The van der Waals surface area contributed by atoms with Crippen LogP contribution in [0, 0.1) is 0 Å². The molecule has 0 aromatic rings. The molecule has 0 spiro atoms. The minimum Gasteiger partial charge on any atom is -0.480 e. The number of nitrogens with two attached hydrogens (primary N) is 2. The quantitative estimate of drug-likeness (QED) is 0.120. The summed E-state index contributed by atoms with van der Waals surface area (Å²) in [5.74, 6) is -4.27. The van der Waals surface area contributed by atoms with Crippen LogP contribution in [0.25, 0.3) is 0 Å². The molecule has 30 heavy (non-hydrogen) atoms. The molecule has 4 atom stereocenters. The molecule has 4 unspecified atom stereocenters. The molecule has 0 heterocycles. The first-order valence-electron chi connectivity index (χ1n) is 8.95. The maximum absolute atomic E-state index is 12.5. The Hall–Kier alpha value is -2.42. The molecule has 0 aromatic carbocycles. The molecule has 0 rings (SSSR count). The number of rotatable bonds is 15. The standard InChI is InChI=1S/C16H29N5O8S/c1-30-5-4-9(14(26)20-10(16(28)29)2-3-12(18)24)19-15(27)11(7-23)21-13(25)8(17)6-22/h8-11,22-23H,2-7,17H2,1H3,(H2,18,24)(H,19,27)(H,20,26)(H,21,25)(H,28,29). The fraction of sp³-hybridized carbons (Fsp3) is 0.688. The molecule has 14 heteroatoms. The van der Waals surface area contributed by atoms with Crippen molar-refractivity contribution < 1.29 is 39.3 Å². The van der Waals surface area contributed by atoms with Gasteiger partial charge in [0.25, 0.3) is 0 Å². The summed E-state index contributed by atoms with van der Waals surface area (Å²) in [5.41, 5.74) is 10.3. The SMILES string of the molecule is CSCCC(NC(=O)C(CO)NC(=O)C(N)CO)C(=O)NC(CCC(N)=O)C(=O)O. The van der Waals surface area contributed by atoms with Crippen molar-refractivity contribution in [2.45, 2.75) is 43.4 Å². The lowest BCUT2D eigenvalue weighted by atomic mass is 10.1. The van der Waals surface area contributed by atoms with E-state index in [-0.39, 0.29) is 19.3 Å². The zero-order chi connectivity index (χ0) is 23.3. The molecule has 0 radical (unpaired) electrons. The molecule has 172 valence electrons. The number of amides is 4. The number of aliphatic hydroxyl groups excluding tert-OH is 2. The van der Waals surface area contributed by atoms with Crippen LogP contribution in [0.2, 0.25) is 0 Å². The topological polar surface area (TPSA) is 234 Å². The van der Waals surface area contributed by atoms with E-state index >= 15 is 0 Å². The third kappa shape index (κ3) is 10.4. The van der Waals surface area contributed by atoms with Crippen molar-refractivity contribution in [1.29, 1.82) is 0 Å². The van der Waals surface area contributed by atoms with Crippen molar-refractivity contribution in [3.05, 3.63) is 0 Å². The minimum absolute atomic E-state index is 0.128. The van der Waals surface area contributed by atoms with E-state index in [2.05, 4.69) is 16.0 Å². The van der Waals surface area contributed by atoms with Crippen molar-refractivity contribution in [2.24, 2.45) is 11.5 Å². The lowest BCUT2D eigenvalue weighted by molar-refractivity contribution is -0.142. The highest BCUT2D eigenvalue weighted by atomic mass is 32.2. The highest BCUT2D eigenvalue weighted by Crippen LogP contribution is 2.04. The van der Waals surface area contributed by atoms with E-state index in [1.165, 1.54) is 11.8 Å². The molecule has 0 saturated carbocycles. The molecule has 13 nitrogen and oxygen atoms in total. The average Bonchev–Trinajstić information content (AvgIpc) is 2.70. The van der Waals surface area contributed by atoms with Crippen LogP contribution in [0.5, 0.6) is 0 Å². The average molecular weight is 452 g/mol. The first-order valence-corrected chi connectivity index (χ1v) is 10.3. The monoisotopic (exact) mass is 451 g/mol. The van der Waals surface area contributed by atoms with Crippen LogP contribution in [0.1, 0.15) is 19.3 Å². The van der Waals surface area contributed by atoms with E-state index in [1.54, 1.807) is 6.26 Å². The number of nitrogens with one attached hydrogen (secondary N) is 3. The Balaban J connectivity index is 5.20. The van der Waals surface area contributed by atoms with Crippen LogP contribution in [0.15, 0.2) is 0 Å². The zero-order valence-corrected chi connectivity index (χ0v) is 17.3. The van der Waals surface area contributed by atoms with Crippen molar-refractivity contribution in [3.8, 4) is 0 Å². The predicted molar refractivity (Wildman–Crippen MR) is 107 cm³/mol. The lowest BCUT2D eigenvalue weighted by Crippen LogP contribution is -2.58. The van der Waals surface area contributed by atoms with E-state index in [9.17, 15) is 34.2 Å². The molecule has 0 aliphatic carbocycles. The van der Waals surface area contributed by atoms with E-state index in [0.717, 1.165) is 0 Å². The fourth-order valence-corrected chi connectivity index (χ4v) is 2.62. The Bertz CT molecular complexity index is 620. The van der Waals surface area contributed by atoms with Crippen molar-refractivity contribution in [2.75, 3.05) is 25.2 Å². The Kier molecular flexibility index (Phi) is 13.4. The molecule has 0 aliphatic heterocycles. The van der Waals surface area contributed by atoms with Crippen molar-refractivity contribution in [1.82, 2.24) is 16.0 Å². The summed E-state index contributed by atoms with van der Waals surface area (Å²) in [6, 6.07) is -5.30. The second kappa shape index (κ2) is 14.5. The number of primary amides is 1. The number of aliphatic carboxylic acids is 1. The Labute approximate surface area is 177 Å². The molecule has 0 aliphatic rings. The van der Waals surface area contributed by atoms with Crippen LogP contribution in [0.4, 0.5) is 0 Å². The first-order chi connectivity index (χ1) is 14.1. The smallest absolute Gasteiger partial charge is 0.326 e. The third-order valence-corrected chi connectivity index (χ3v) is 4.53. The van der Waals surface area contributed by atoms with Crippen molar-refractivity contribution >= 4 is 41.4 Å². The van der Waals surface area contributed by atoms with Crippen LogP contribution < -0.4 is 27.4 Å². The highest BCUT2D eigenvalue weighted by molar-refractivity contribution is 7.98.